The lowest BCUT2D eigenvalue weighted by Gasteiger charge is -2.09. The Kier molecular flexibility index (Phi) is 4.78. The van der Waals surface area contributed by atoms with Crippen LogP contribution in [0.15, 0.2) is 48.5 Å². The molecule has 5 nitrogen and oxygen atoms in total. The highest BCUT2D eigenvalue weighted by Gasteiger charge is 2.06. The van der Waals surface area contributed by atoms with Crippen molar-refractivity contribution in [3.05, 3.63) is 54.1 Å². The van der Waals surface area contributed by atoms with Crippen molar-refractivity contribution in [3.8, 4) is 11.8 Å². The Bertz CT molecular complexity index is 677. The third kappa shape index (κ3) is 3.98. The number of carbonyl (C=O) groups is 1. The Hall–Kier alpha value is -3.00. The minimum Gasteiger partial charge on any atom is -0.492 e. The zero-order valence-electron chi connectivity index (χ0n) is 11.4. The summed E-state index contributed by atoms with van der Waals surface area (Å²) in [5.41, 5.74) is 7.29. The number of nitrogens with two attached hydrogens (primary N) is 1. The first-order valence-corrected chi connectivity index (χ1v) is 6.47. The molecule has 0 aromatic heterocycles. The number of nitrogen functional groups attached to an aromatic ring is 1. The number of hydrogen-bond acceptors (Lipinski definition) is 4. The van der Waals surface area contributed by atoms with Crippen molar-refractivity contribution in [2.75, 3.05) is 17.7 Å². The predicted octanol–water partition coefficient (Wildman–Crippen LogP) is 2.55. The molecule has 1 amide bonds. The summed E-state index contributed by atoms with van der Waals surface area (Å²) in [6.45, 7) is 0.192. The van der Waals surface area contributed by atoms with E-state index in [1.807, 2.05) is 6.07 Å². The standard InChI is InChI=1S/C16H15N3O2/c17-11-12-5-1-4-8-15(12)21-10-9-16(20)19-14-7-3-2-6-13(14)18/h1-8H,9-10,18H2,(H,19,20). The molecule has 0 spiro atoms. The van der Waals surface area contributed by atoms with Gasteiger partial charge in [0.05, 0.1) is 30.0 Å². The van der Waals surface area contributed by atoms with Crippen LogP contribution < -0.4 is 15.8 Å². The maximum absolute atomic E-state index is 11.8. The van der Waals surface area contributed by atoms with Gasteiger partial charge in [-0.25, -0.2) is 0 Å². The average Bonchev–Trinajstić information content (AvgIpc) is 2.50. The predicted molar refractivity (Wildman–Crippen MR) is 80.8 cm³/mol. The lowest BCUT2D eigenvalue weighted by Crippen LogP contribution is -2.16. The highest BCUT2D eigenvalue weighted by molar-refractivity contribution is 5.93. The molecule has 0 atom stereocenters. The van der Waals surface area contributed by atoms with Gasteiger partial charge >= 0.3 is 0 Å². The van der Waals surface area contributed by atoms with Crippen LogP contribution in [0.3, 0.4) is 0 Å². The second kappa shape index (κ2) is 6.96. The first kappa shape index (κ1) is 14.4. The summed E-state index contributed by atoms with van der Waals surface area (Å²) < 4.78 is 5.45. The molecule has 0 radical (unpaired) electrons. The summed E-state index contributed by atoms with van der Waals surface area (Å²) in [4.78, 5) is 11.8. The summed E-state index contributed by atoms with van der Waals surface area (Å²) in [7, 11) is 0. The number of nitrogens with zero attached hydrogens (tertiary/aromatic N) is 1. The molecule has 0 saturated carbocycles. The highest BCUT2D eigenvalue weighted by atomic mass is 16.5. The van der Waals surface area contributed by atoms with Gasteiger partial charge in [-0.15, -0.1) is 0 Å². The van der Waals surface area contributed by atoms with Gasteiger partial charge < -0.3 is 15.8 Å². The fraction of sp³-hybridized carbons (Fsp3) is 0.125. The SMILES string of the molecule is N#Cc1ccccc1OCCC(=O)Nc1ccccc1N. The molecule has 3 N–H and O–H groups in total. The number of ether oxygens (including phenoxy) is 1. The van der Waals surface area contributed by atoms with Crippen LogP contribution in [0.1, 0.15) is 12.0 Å². The van der Waals surface area contributed by atoms with Crippen molar-refractivity contribution in [1.29, 1.82) is 5.26 Å². The number of benzene rings is 2. The fourth-order valence-electron chi connectivity index (χ4n) is 1.76. The molecule has 0 aliphatic rings. The van der Waals surface area contributed by atoms with Crippen molar-refractivity contribution in [2.45, 2.75) is 6.42 Å². The summed E-state index contributed by atoms with van der Waals surface area (Å²) >= 11 is 0. The van der Waals surface area contributed by atoms with E-state index in [4.69, 9.17) is 15.7 Å². The number of nitrogens with one attached hydrogen (secondary N) is 1. The number of rotatable bonds is 5. The average molecular weight is 281 g/mol. The van der Waals surface area contributed by atoms with Crippen molar-refractivity contribution >= 4 is 17.3 Å². The van der Waals surface area contributed by atoms with Crippen LogP contribution in [-0.2, 0) is 4.79 Å². The van der Waals surface area contributed by atoms with Gasteiger partial charge in [-0.05, 0) is 24.3 Å². The van der Waals surface area contributed by atoms with E-state index in [9.17, 15) is 4.79 Å². The molecule has 2 rings (SSSR count). The van der Waals surface area contributed by atoms with Gasteiger partial charge in [-0.2, -0.15) is 5.26 Å². The van der Waals surface area contributed by atoms with E-state index in [1.54, 1.807) is 48.5 Å². The molecule has 0 aliphatic heterocycles. The zero-order valence-corrected chi connectivity index (χ0v) is 11.4. The van der Waals surface area contributed by atoms with E-state index in [0.717, 1.165) is 0 Å². The Labute approximate surface area is 123 Å². The molecule has 0 saturated heterocycles. The minimum atomic E-state index is -0.192. The van der Waals surface area contributed by atoms with Crippen LogP contribution in [-0.4, -0.2) is 12.5 Å². The van der Waals surface area contributed by atoms with Crippen molar-refractivity contribution < 1.29 is 9.53 Å². The van der Waals surface area contributed by atoms with Gasteiger partial charge in [0.25, 0.3) is 0 Å². The van der Waals surface area contributed by atoms with Gasteiger partial charge in [0.15, 0.2) is 0 Å². The molecular formula is C16H15N3O2. The van der Waals surface area contributed by atoms with E-state index < -0.39 is 0 Å². The van der Waals surface area contributed by atoms with Gasteiger partial charge in [0.2, 0.25) is 5.91 Å². The summed E-state index contributed by atoms with van der Waals surface area (Å²) in [6.07, 6.45) is 0.175. The number of amides is 1. The first-order chi connectivity index (χ1) is 10.2. The molecule has 21 heavy (non-hydrogen) atoms. The monoisotopic (exact) mass is 281 g/mol. The van der Waals surface area contributed by atoms with Crippen LogP contribution in [0.25, 0.3) is 0 Å². The lowest BCUT2D eigenvalue weighted by molar-refractivity contribution is -0.116. The van der Waals surface area contributed by atoms with E-state index in [0.29, 0.717) is 22.7 Å². The fourth-order valence-corrected chi connectivity index (χ4v) is 1.76. The number of nitriles is 1. The lowest BCUT2D eigenvalue weighted by atomic mass is 10.2. The summed E-state index contributed by atoms with van der Waals surface area (Å²) in [5, 5.41) is 11.6. The van der Waals surface area contributed by atoms with Crippen LogP contribution in [0.4, 0.5) is 11.4 Å². The zero-order chi connectivity index (χ0) is 15.1. The molecule has 2 aromatic rings. The maximum Gasteiger partial charge on any atom is 0.227 e. The molecule has 0 unspecified atom stereocenters. The van der Waals surface area contributed by atoms with Gasteiger partial charge in [-0.3, -0.25) is 4.79 Å². The van der Waals surface area contributed by atoms with E-state index in [-0.39, 0.29) is 18.9 Å². The van der Waals surface area contributed by atoms with Gasteiger partial charge in [0, 0.05) is 0 Å². The summed E-state index contributed by atoms with van der Waals surface area (Å²) in [6, 6.07) is 16.0. The van der Waals surface area contributed by atoms with Crippen LogP contribution in [0.2, 0.25) is 0 Å². The van der Waals surface area contributed by atoms with E-state index in [1.165, 1.54) is 0 Å². The second-order valence-electron chi connectivity index (χ2n) is 4.34. The topological polar surface area (TPSA) is 88.1 Å². The van der Waals surface area contributed by atoms with Crippen LogP contribution >= 0.6 is 0 Å². The Morgan fingerprint density at radius 1 is 1.19 bits per heavy atom. The van der Waals surface area contributed by atoms with Crippen molar-refractivity contribution in [1.82, 2.24) is 0 Å². The largest absolute Gasteiger partial charge is 0.492 e. The first-order valence-electron chi connectivity index (χ1n) is 6.47. The summed E-state index contributed by atoms with van der Waals surface area (Å²) in [5.74, 6) is 0.286. The molecule has 0 heterocycles. The van der Waals surface area contributed by atoms with E-state index in [2.05, 4.69) is 5.32 Å². The van der Waals surface area contributed by atoms with Gasteiger partial charge in [-0.1, -0.05) is 24.3 Å². The van der Waals surface area contributed by atoms with E-state index >= 15 is 0 Å². The Morgan fingerprint density at radius 3 is 2.67 bits per heavy atom. The Morgan fingerprint density at radius 2 is 1.90 bits per heavy atom. The smallest absolute Gasteiger partial charge is 0.227 e. The molecule has 0 bridgehead atoms. The van der Waals surface area contributed by atoms with Crippen molar-refractivity contribution in [3.63, 3.8) is 0 Å². The van der Waals surface area contributed by atoms with Crippen LogP contribution in [0.5, 0.6) is 5.75 Å². The number of para-hydroxylation sites is 3. The highest BCUT2D eigenvalue weighted by Crippen LogP contribution is 2.18. The maximum atomic E-state index is 11.8. The minimum absolute atomic E-state index is 0.175. The molecule has 0 fully saturated rings. The molecular weight excluding hydrogens is 266 g/mol. The number of hydrogen-bond donors (Lipinski definition) is 2. The molecule has 106 valence electrons. The third-order valence-corrected chi connectivity index (χ3v) is 2.83. The molecule has 2 aromatic carbocycles. The van der Waals surface area contributed by atoms with Gasteiger partial charge in [0.1, 0.15) is 11.8 Å². The normalized spacial score (nSPS) is 9.67. The number of carbonyl (C=O) groups excluding carboxylic acids is 1. The molecule has 0 aliphatic carbocycles. The molecule has 5 heteroatoms. The third-order valence-electron chi connectivity index (χ3n) is 2.83. The van der Waals surface area contributed by atoms with Crippen LogP contribution in [0, 0.1) is 11.3 Å². The Balaban J connectivity index is 1.85. The quantitative estimate of drug-likeness (QED) is 0.824. The number of anilines is 2. The second-order valence-corrected chi connectivity index (χ2v) is 4.34. The van der Waals surface area contributed by atoms with Crippen molar-refractivity contribution in [2.24, 2.45) is 0 Å².